The molecule has 0 bridgehead atoms. The zero-order valence-corrected chi connectivity index (χ0v) is 20.7. The number of hydrogen-bond acceptors (Lipinski definition) is 7. The van der Waals surface area contributed by atoms with Gasteiger partial charge in [0.1, 0.15) is 22.1 Å². The summed E-state index contributed by atoms with van der Waals surface area (Å²) >= 11 is 1.46. The maximum Gasteiger partial charge on any atom is 0.412 e. The van der Waals surface area contributed by atoms with Crippen molar-refractivity contribution in [3.63, 3.8) is 0 Å². The fraction of sp³-hybridized carbons (Fsp3) is 0.320. The molecule has 0 aliphatic rings. The first kappa shape index (κ1) is 25.0. The summed E-state index contributed by atoms with van der Waals surface area (Å²) in [6, 6.07) is 12.7. The van der Waals surface area contributed by atoms with E-state index in [0.29, 0.717) is 29.4 Å². The van der Waals surface area contributed by atoms with Crippen LogP contribution in [0.15, 0.2) is 47.8 Å². The molecule has 0 radical (unpaired) electrons. The van der Waals surface area contributed by atoms with Crippen LogP contribution < -0.4 is 20.1 Å². The highest BCUT2D eigenvalue weighted by molar-refractivity contribution is 7.13. The second-order valence-corrected chi connectivity index (χ2v) is 9.20. The normalized spacial score (nSPS) is 11.0. The molecule has 0 saturated carbocycles. The van der Waals surface area contributed by atoms with E-state index < -0.39 is 11.7 Å². The van der Waals surface area contributed by atoms with E-state index in [9.17, 15) is 9.59 Å². The first-order valence-corrected chi connectivity index (χ1v) is 11.7. The van der Waals surface area contributed by atoms with Crippen molar-refractivity contribution in [2.45, 2.75) is 39.7 Å². The van der Waals surface area contributed by atoms with Crippen LogP contribution in [0.2, 0.25) is 0 Å². The number of hydrogen-bond donors (Lipinski definition) is 2. The Hall–Kier alpha value is -3.59. The van der Waals surface area contributed by atoms with E-state index in [-0.39, 0.29) is 12.3 Å². The molecule has 2 aromatic carbocycles. The number of thiazole rings is 1. The number of nitrogens with one attached hydrogen (secondary N) is 2. The lowest BCUT2D eigenvalue weighted by Crippen LogP contribution is -2.27. The summed E-state index contributed by atoms with van der Waals surface area (Å²) in [5.74, 6) is 0.975. The molecule has 2 N–H and O–H groups in total. The summed E-state index contributed by atoms with van der Waals surface area (Å²) in [4.78, 5) is 29.4. The number of methoxy groups -OCH3 is 1. The third-order valence-corrected chi connectivity index (χ3v) is 5.35. The summed E-state index contributed by atoms with van der Waals surface area (Å²) < 4.78 is 16.3. The molecule has 180 valence electrons. The van der Waals surface area contributed by atoms with E-state index in [0.717, 1.165) is 16.3 Å². The van der Waals surface area contributed by atoms with E-state index in [1.54, 1.807) is 39.0 Å². The van der Waals surface area contributed by atoms with Gasteiger partial charge in [0.05, 0.1) is 37.1 Å². The summed E-state index contributed by atoms with van der Waals surface area (Å²) in [5, 5.41) is 8.15. The first-order chi connectivity index (χ1) is 16.2. The number of rotatable bonds is 8. The number of carbonyl (C=O) groups excluding carboxylic acids is 2. The molecule has 2 amide bonds. The number of carbonyl (C=O) groups is 2. The largest absolute Gasteiger partial charge is 0.495 e. The lowest BCUT2D eigenvalue weighted by atomic mass is 10.2. The number of amides is 2. The van der Waals surface area contributed by atoms with Crippen LogP contribution in [0.1, 0.15) is 33.4 Å². The number of para-hydroxylation sites is 1. The molecule has 8 nitrogen and oxygen atoms in total. The molecule has 3 rings (SSSR count). The summed E-state index contributed by atoms with van der Waals surface area (Å²) in [5.41, 5.74) is 1.81. The van der Waals surface area contributed by atoms with Gasteiger partial charge in [-0.25, -0.2) is 9.78 Å². The average Bonchev–Trinajstić information content (AvgIpc) is 3.21. The maximum absolute atomic E-state index is 12.7. The third kappa shape index (κ3) is 6.95. The fourth-order valence-electron chi connectivity index (χ4n) is 3.10. The summed E-state index contributed by atoms with van der Waals surface area (Å²) in [7, 11) is 1.50. The average molecular weight is 484 g/mol. The van der Waals surface area contributed by atoms with Crippen LogP contribution in [-0.4, -0.2) is 36.3 Å². The Bertz CT molecular complexity index is 1150. The molecule has 34 heavy (non-hydrogen) atoms. The minimum atomic E-state index is -0.640. The zero-order chi connectivity index (χ0) is 24.7. The van der Waals surface area contributed by atoms with Crippen LogP contribution in [0.5, 0.6) is 11.5 Å². The van der Waals surface area contributed by atoms with Crippen molar-refractivity contribution in [3.05, 3.63) is 53.5 Å². The molecule has 1 aromatic heterocycles. The van der Waals surface area contributed by atoms with E-state index in [4.69, 9.17) is 14.2 Å². The van der Waals surface area contributed by atoms with Crippen molar-refractivity contribution in [2.75, 3.05) is 24.4 Å². The van der Waals surface area contributed by atoms with Crippen LogP contribution in [-0.2, 0) is 16.0 Å². The van der Waals surface area contributed by atoms with Crippen LogP contribution in [0.4, 0.5) is 16.2 Å². The topological polar surface area (TPSA) is 98.8 Å². The lowest BCUT2D eigenvalue weighted by Gasteiger charge is -2.20. The van der Waals surface area contributed by atoms with Gasteiger partial charge in [-0.1, -0.05) is 12.1 Å². The van der Waals surface area contributed by atoms with E-state index in [1.807, 2.05) is 36.6 Å². The van der Waals surface area contributed by atoms with Crippen molar-refractivity contribution < 1.29 is 23.8 Å². The Balaban J connectivity index is 1.68. The number of benzene rings is 2. The maximum atomic E-state index is 12.7. The van der Waals surface area contributed by atoms with Crippen molar-refractivity contribution in [1.29, 1.82) is 0 Å². The lowest BCUT2D eigenvalue weighted by molar-refractivity contribution is -0.115. The second-order valence-electron chi connectivity index (χ2n) is 8.34. The van der Waals surface area contributed by atoms with Crippen molar-refractivity contribution in [2.24, 2.45) is 0 Å². The molecule has 0 aliphatic carbocycles. The van der Waals surface area contributed by atoms with Gasteiger partial charge in [-0.15, -0.1) is 11.3 Å². The Labute approximate surface area is 203 Å². The number of nitrogens with zero attached hydrogens (tertiary/aromatic N) is 1. The number of anilines is 2. The Morgan fingerprint density at radius 2 is 1.82 bits per heavy atom. The van der Waals surface area contributed by atoms with Gasteiger partial charge in [-0.3, -0.25) is 10.1 Å². The van der Waals surface area contributed by atoms with Gasteiger partial charge < -0.3 is 19.5 Å². The highest BCUT2D eigenvalue weighted by Crippen LogP contribution is 2.32. The van der Waals surface area contributed by atoms with Gasteiger partial charge in [-0.05, 0) is 58.0 Å². The summed E-state index contributed by atoms with van der Waals surface area (Å²) in [6.07, 6.45) is -0.509. The molecular formula is C25H29N3O5S. The van der Waals surface area contributed by atoms with Crippen LogP contribution in [0.3, 0.4) is 0 Å². The standard InChI is InChI=1S/C25H29N3O5S/c1-6-32-20-10-8-7-9-18(20)23-27-17(15-34-23)14-22(29)26-16-11-12-21(31-5)19(13-16)28-24(30)33-25(2,3)4/h7-13,15H,6,14H2,1-5H3,(H,26,29)(H,28,30). The van der Waals surface area contributed by atoms with Gasteiger partial charge >= 0.3 is 6.09 Å². The first-order valence-electron chi connectivity index (χ1n) is 10.8. The minimum absolute atomic E-state index is 0.105. The van der Waals surface area contributed by atoms with E-state index >= 15 is 0 Å². The number of aromatic nitrogens is 1. The van der Waals surface area contributed by atoms with Crippen molar-refractivity contribution in [1.82, 2.24) is 4.98 Å². The Kier molecular flexibility index (Phi) is 8.12. The summed E-state index contributed by atoms with van der Waals surface area (Å²) in [6.45, 7) is 7.83. The molecule has 1 heterocycles. The van der Waals surface area contributed by atoms with Gasteiger partial charge in [0, 0.05) is 11.1 Å². The predicted octanol–water partition coefficient (Wildman–Crippen LogP) is 5.75. The van der Waals surface area contributed by atoms with Crippen molar-refractivity contribution in [3.8, 4) is 22.1 Å². The Morgan fingerprint density at radius 3 is 2.53 bits per heavy atom. The fourth-order valence-corrected chi connectivity index (χ4v) is 3.95. The molecular weight excluding hydrogens is 454 g/mol. The third-order valence-electron chi connectivity index (χ3n) is 4.43. The molecule has 9 heteroatoms. The minimum Gasteiger partial charge on any atom is -0.495 e. The highest BCUT2D eigenvalue weighted by atomic mass is 32.1. The van der Waals surface area contributed by atoms with Gasteiger partial charge in [-0.2, -0.15) is 0 Å². The zero-order valence-electron chi connectivity index (χ0n) is 19.9. The number of ether oxygens (including phenoxy) is 3. The smallest absolute Gasteiger partial charge is 0.412 e. The second kappa shape index (κ2) is 11.0. The molecule has 0 saturated heterocycles. The molecule has 0 aliphatic heterocycles. The van der Waals surface area contributed by atoms with Gasteiger partial charge in [0.15, 0.2) is 0 Å². The van der Waals surface area contributed by atoms with Crippen LogP contribution in [0.25, 0.3) is 10.6 Å². The van der Waals surface area contributed by atoms with Gasteiger partial charge in [0.25, 0.3) is 0 Å². The molecule has 0 unspecified atom stereocenters. The quantitative estimate of drug-likeness (QED) is 0.424. The molecule has 0 fully saturated rings. The SMILES string of the molecule is CCOc1ccccc1-c1nc(CC(=O)Nc2ccc(OC)c(NC(=O)OC(C)(C)C)c2)cs1. The van der Waals surface area contributed by atoms with E-state index in [1.165, 1.54) is 18.4 Å². The highest BCUT2D eigenvalue weighted by Gasteiger charge is 2.18. The van der Waals surface area contributed by atoms with Crippen LogP contribution >= 0.6 is 11.3 Å². The Morgan fingerprint density at radius 1 is 1.06 bits per heavy atom. The van der Waals surface area contributed by atoms with Crippen molar-refractivity contribution >= 4 is 34.7 Å². The van der Waals surface area contributed by atoms with E-state index in [2.05, 4.69) is 15.6 Å². The monoisotopic (exact) mass is 483 g/mol. The van der Waals surface area contributed by atoms with Crippen LogP contribution in [0, 0.1) is 0 Å². The molecule has 0 spiro atoms. The molecule has 3 aromatic rings. The van der Waals surface area contributed by atoms with Gasteiger partial charge in [0.2, 0.25) is 5.91 Å². The molecule has 0 atom stereocenters. The predicted molar refractivity (Wildman–Crippen MR) is 134 cm³/mol.